The number of hydroxylamine groups is 1. The Hall–Kier alpha value is -1.06. The number of hydrogen-bond acceptors (Lipinski definition) is 3. The summed E-state index contributed by atoms with van der Waals surface area (Å²) in [5.74, 6) is 0.896. The first-order chi connectivity index (χ1) is 7.36. The number of ether oxygens (including phenoxy) is 1. The number of benzene rings is 1. The van der Waals surface area contributed by atoms with E-state index in [2.05, 4.69) is 12.4 Å². The largest absolute Gasteiger partial charge is 0.494 e. The summed E-state index contributed by atoms with van der Waals surface area (Å²) in [6, 6.07) is 7.74. The molecule has 3 heteroatoms. The van der Waals surface area contributed by atoms with Crippen molar-refractivity contribution in [2.45, 2.75) is 32.7 Å². The van der Waals surface area contributed by atoms with Gasteiger partial charge in [0.15, 0.2) is 0 Å². The molecule has 0 bridgehead atoms. The first-order valence-electron chi connectivity index (χ1n) is 5.45. The Labute approximate surface area is 91.0 Å². The van der Waals surface area contributed by atoms with Crippen molar-refractivity contribution in [2.24, 2.45) is 0 Å². The van der Waals surface area contributed by atoms with E-state index in [1.807, 2.05) is 24.3 Å². The number of nitrogens with one attached hydrogen (secondary N) is 1. The van der Waals surface area contributed by atoms with Crippen molar-refractivity contribution >= 4 is 0 Å². The Balaban J connectivity index is 2.29. The maximum Gasteiger partial charge on any atom is 0.119 e. The van der Waals surface area contributed by atoms with Gasteiger partial charge in [-0.25, -0.2) is 5.48 Å². The molecule has 0 aliphatic carbocycles. The zero-order valence-corrected chi connectivity index (χ0v) is 9.20. The quantitative estimate of drug-likeness (QED) is 0.536. The lowest BCUT2D eigenvalue weighted by Crippen LogP contribution is -2.05. The van der Waals surface area contributed by atoms with Gasteiger partial charge in [-0.3, -0.25) is 0 Å². The molecule has 0 fully saturated rings. The van der Waals surface area contributed by atoms with Crippen molar-refractivity contribution < 1.29 is 9.94 Å². The highest BCUT2D eigenvalue weighted by Crippen LogP contribution is 2.12. The summed E-state index contributed by atoms with van der Waals surface area (Å²) in [6.07, 6.45) is 3.54. The normalized spacial score (nSPS) is 10.3. The highest BCUT2D eigenvalue weighted by Gasteiger charge is 1.94. The van der Waals surface area contributed by atoms with Crippen molar-refractivity contribution in [2.75, 3.05) is 6.61 Å². The van der Waals surface area contributed by atoms with Gasteiger partial charge in [0.05, 0.1) is 6.61 Å². The number of rotatable bonds is 7. The summed E-state index contributed by atoms with van der Waals surface area (Å²) in [7, 11) is 0. The first-order valence-corrected chi connectivity index (χ1v) is 5.45. The molecule has 2 N–H and O–H groups in total. The summed E-state index contributed by atoms with van der Waals surface area (Å²) in [5, 5.41) is 8.51. The smallest absolute Gasteiger partial charge is 0.119 e. The second-order valence-electron chi connectivity index (χ2n) is 3.53. The third-order valence-electron chi connectivity index (χ3n) is 2.22. The van der Waals surface area contributed by atoms with E-state index in [4.69, 9.17) is 9.94 Å². The summed E-state index contributed by atoms with van der Waals surface area (Å²) in [6.45, 7) is 3.43. The fourth-order valence-electron chi connectivity index (χ4n) is 1.34. The maximum atomic E-state index is 8.51. The van der Waals surface area contributed by atoms with Crippen LogP contribution >= 0.6 is 0 Å². The lowest BCUT2D eigenvalue weighted by Gasteiger charge is -2.06. The van der Waals surface area contributed by atoms with Crippen molar-refractivity contribution in [3.8, 4) is 5.75 Å². The standard InChI is InChI=1S/C12H19NO2/c1-2-3-4-9-15-12-7-5-11(6-8-12)10-13-14/h5-8,13-14H,2-4,9-10H2,1H3. The van der Waals surface area contributed by atoms with Crippen LogP contribution in [0, 0.1) is 0 Å². The molecule has 15 heavy (non-hydrogen) atoms. The fraction of sp³-hybridized carbons (Fsp3) is 0.500. The van der Waals surface area contributed by atoms with Crippen LogP contribution in [0.1, 0.15) is 31.7 Å². The van der Waals surface area contributed by atoms with Gasteiger partial charge in [0.1, 0.15) is 5.75 Å². The average molecular weight is 209 g/mol. The molecule has 0 heterocycles. The Morgan fingerprint density at radius 3 is 2.53 bits per heavy atom. The summed E-state index contributed by atoms with van der Waals surface area (Å²) >= 11 is 0. The van der Waals surface area contributed by atoms with Gasteiger partial charge in [-0.05, 0) is 24.1 Å². The van der Waals surface area contributed by atoms with Crippen LogP contribution in [0.25, 0.3) is 0 Å². The molecule has 1 rings (SSSR count). The molecule has 0 aliphatic rings. The zero-order chi connectivity index (χ0) is 10.9. The zero-order valence-electron chi connectivity index (χ0n) is 9.20. The molecule has 0 aliphatic heterocycles. The lowest BCUT2D eigenvalue weighted by atomic mass is 10.2. The van der Waals surface area contributed by atoms with E-state index in [0.717, 1.165) is 24.3 Å². The van der Waals surface area contributed by atoms with Gasteiger partial charge in [0.25, 0.3) is 0 Å². The topological polar surface area (TPSA) is 41.5 Å². The third kappa shape index (κ3) is 4.81. The molecule has 0 aromatic heterocycles. The van der Waals surface area contributed by atoms with Gasteiger partial charge in [-0.15, -0.1) is 0 Å². The van der Waals surface area contributed by atoms with Crippen LogP contribution in [0.4, 0.5) is 0 Å². The molecule has 0 saturated heterocycles. The summed E-state index contributed by atoms with van der Waals surface area (Å²) in [5.41, 5.74) is 3.16. The van der Waals surface area contributed by atoms with E-state index < -0.39 is 0 Å². The minimum absolute atomic E-state index is 0.468. The van der Waals surface area contributed by atoms with E-state index in [1.165, 1.54) is 12.8 Å². The Morgan fingerprint density at radius 1 is 1.20 bits per heavy atom. The maximum absolute atomic E-state index is 8.51. The fourth-order valence-corrected chi connectivity index (χ4v) is 1.34. The molecular weight excluding hydrogens is 190 g/mol. The average Bonchev–Trinajstić information content (AvgIpc) is 2.27. The van der Waals surface area contributed by atoms with E-state index in [9.17, 15) is 0 Å². The molecule has 3 nitrogen and oxygen atoms in total. The number of hydrogen-bond donors (Lipinski definition) is 2. The number of unbranched alkanes of at least 4 members (excludes halogenated alkanes) is 2. The molecule has 0 spiro atoms. The van der Waals surface area contributed by atoms with E-state index in [0.29, 0.717) is 6.54 Å². The Morgan fingerprint density at radius 2 is 1.93 bits per heavy atom. The van der Waals surface area contributed by atoms with Gasteiger partial charge in [-0.1, -0.05) is 31.9 Å². The summed E-state index contributed by atoms with van der Waals surface area (Å²) in [4.78, 5) is 0. The Kier molecular flexibility index (Phi) is 5.81. The lowest BCUT2D eigenvalue weighted by molar-refractivity contribution is 0.161. The van der Waals surface area contributed by atoms with Crippen molar-refractivity contribution in [3.05, 3.63) is 29.8 Å². The molecule has 0 saturated carbocycles. The third-order valence-corrected chi connectivity index (χ3v) is 2.22. The van der Waals surface area contributed by atoms with E-state index >= 15 is 0 Å². The molecule has 0 atom stereocenters. The van der Waals surface area contributed by atoms with Crippen molar-refractivity contribution in [1.29, 1.82) is 0 Å². The van der Waals surface area contributed by atoms with Crippen LogP contribution in [-0.4, -0.2) is 11.8 Å². The van der Waals surface area contributed by atoms with Gasteiger partial charge in [-0.2, -0.15) is 0 Å². The van der Waals surface area contributed by atoms with Crippen LogP contribution in [0.5, 0.6) is 5.75 Å². The Bertz CT molecular complexity index is 259. The summed E-state index contributed by atoms with van der Waals surface area (Å²) < 4.78 is 5.56. The predicted molar refractivity (Wildman–Crippen MR) is 60.1 cm³/mol. The van der Waals surface area contributed by atoms with E-state index in [1.54, 1.807) is 0 Å². The second kappa shape index (κ2) is 7.26. The minimum Gasteiger partial charge on any atom is -0.494 e. The van der Waals surface area contributed by atoms with Gasteiger partial charge in [0.2, 0.25) is 0 Å². The van der Waals surface area contributed by atoms with Gasteiger partial charge in [0, 0.05) is 6.54 Å². The highest BCUT2D eigenvalue weighted by atomic mass is 16.5. The monoisotopic (exact) mass is 209 g/mol. The first kappa shape index (κ1) is 12.0. The molecule has 0 radical (unpaired) electrons. The van der Waals surface area contributed by atoms with Crippen LogP contribution in [0.2, 0.25) is 0 Å². The van der Waals surface area contributed by atoms with Crippen molar-refractivity contribution in [1.82, 2.24) is 5.48 Å². The van der Waals surface area contributed by atoms with Crippen molar-refractivity contribution in [3.63, 3.8) is 0 Å². The predicted octanol–water partition coefficient (Wildman–Crippen LogP) is 2.73. The highest BCUT2D eigenvalue weighted by molar-refractivity contribution is 5.27. The minimum atomic E-state index is 0.468. The molecule has 0 amide bonds. The SMILES string of the molecule is CCCCCOc1ccc(CNO)cc1. The van der Waals surface area contributed by atoms with Crippen LogP contribution < -0.4 is 10.2 Å². The molecule has 1 aromatic rings. The second-order valence-corrected chi connectivity index (χ2v) is 3.53. The van der Waals surface area contributed by atoms with Crippen LogP contribution in [0.15, 0.2) is 24.3 Å². The van der Waals surface area contributed by atoms with E-state index in [-0.39, 0.29) is 0 Å². The molecule has 1 aromatic carbocycles. The molecule has 84 valence electrons. The van der Waals surface area contributed by atoms with Gasteiger partial charge < -0.3 is 9.94 Å². The van der Waals surface area contributed by atoms with Crippen LogP contribution in [-0.2, 0) is 6.54 Å². The van der Waals surface area contributed by atoms with Gasteiger partial charge >= 0.3 is 0 Å². The van der Waals surface area contributed by atoms with Crippen LogP contribution in [0.3, 0.4) is 0 Å². The molecule has 0 unspecified atom stereocenters. The molecular formula is C12H19NO2.